The first-order valence-corrected chi connectivity index (χ1v) is 27.0. The molecule has 0 aliphatic carbocycles. The van der Waals surface area contributed by atoms with Gasteiger partial charge in [0.2, 0.25) is 0 Å². The molecule has 0 radical (unpaired) electrons. The summed E-state index contributed by atoms with van der Waals surface area (Å²) in [5.41, 5.74) is 15.6. The van der Waals surface area contributed by atoms with E-state index in [-0.39, 0.29) is 0 Å². The van der Waals surface area contributed by atoms with Crippen molar-refractivity contribution in [2.24, 2.45) is 0 Å². The summed E-state index contributed by atoms with van der Waals surface area (Å²) in [6, 6.07) is 70.3. The fourth-order valence-corrected chi connectivity index (χ4v) is 18.2. The smallest absolute Gasteiger partial charge is 0.0985 e. The van der Waals surface area contributed by atoms with Gasteiger partial charge < -0.3 is 9.34 Å². The molecule has 4 aliphatic rings. The van der Waals surface area contributed by atoms with Crippen LogP contribution in [-0.4, -0.2) is 18.5 Å². The van der Waals surface area contributed by atoms with Crippen LogP contribution < -0.4 is 30.6 Å². The lowest BCUT2D eigenvalue weighted by Crippen LogP contribution is -2.36. The first-order chi connectivity index (χ1) is 29.6. The molecule has 60 heavy (non-hydrogen) atoms. The van der Waals surface area contributed by atoms with E-state index in [0.29, 0.717) is 7.92 Å². The van der Waals surface area contributed by atoms with Crippen molar-refractivity contribution in [1.29, 1.82) is 0 Å². The van der Waals surface area contributed by atoms with Gasteiger partial charge in [-0.2, -0.15) is 0 Å². The Morgan fingerprint density at radius 3 is 1.07 bits per heavy atom. The van der Waals surface area contributed by atoms with Crippen molar-refractivity contribution in [3.63, 3.8) is 0 Å². The summed E-state index contributed by atoms with van der Waals surface area (Å²) in [7, 11) is -0.172. The van der Waals surface area contributed by atoms with E-state index in [2.05, 4.69) is 224 Å². The molecule has 0 saturated carbocycles. The molecule has 0 bridgehead atoms. The summed E-state index contributed by atoms with van der Waals surface area (Å²) in [4.78, 5) is 0. The van der Waals surface area contributed by atoms with Crippen LogP contribution in [0.2, 0.25) is 0 Å². The Bertz CT molecular complexity index is 2650. The number of anilines is 4. The number of hydrogen-bond acceptors (Lipinski definition) is 2. The van der Waals surface area contributed by atoms with Gasteiger partial charge in [0.15, 0.2) is 0 Å². The van der Waals surface area contributed by atoms with Gasteiger partial charge in [-0.1, -0.05) is 202 Å². The van der Waals surface area contributed by atoms with Crippen molar-refractivity contribution >= 4 is 78.0 Å². The van der Waals surface area contributed by atoms with Crippen LogP contribution in [0.25, 0.3) is 44.5 Å². The normalized spacial score (nSPS) is 14.0. The summed E-state index contributed by atoms with van der Waals surface area (Å²) < 4.78 is 5.06. The summed E-state index contributed by atoms with van der Waals surface area (Å²) in [6.45, 7) is 6.87. The van der Waals surface area contributed by atoms with Crippen LogP contribution >= 0.6 is 22.2 Å². The lowest BCUT2D eigenvalue weighted by molar-refractivity contribution is 1.35. The first kappa shape index (κ1) is 39.0. The predicted octanol–water partition coefficient (Wildman–Crippen LogP) is 14.2. The zero-order chi connectivity index (χ0) is 40.8. The van der Waals surface area contributed by atoms with E-state index >= 15 is 0 Å². The largest absolute Gasteiger partial charge is 0.310 e. The SMILES string of the molecule is CCP(CC)CC.S=P12c3ccccc3-c3ccccc3N1c1ccccc1-c1ccccc12.c1ccc2c(c1)-c1ccccc1P1c3ccccc3-c3ccccc3N21. The van der Waals surface area contributed by atoms with Gasteiger partial charge >= 0.3 is 0 Å². The maximum absolute atomic E-state index is 6.63. The summed E-state index contributed by atoms with van der Waals surface area (Å²) in [6.07, 6.45) is 2.06. The van der Waals surface area contributed by atoms with Gasteiger partial charge in [0.05, 0.1) is 37.0 Å². The molecule has 0 fully saturated rings. The van der Waals surface area contributed by atoms with Crippen molar-refractivity contribution in [1.82, 2.24) is 0 Å². The van der Waals surface area contributed by atoms with Gasteiger partial charge in [0.25, 0.3) is 0 Å². The van der Waals surface area contributed by atoms with E-state index in [4.69, 9.17) is 11.8 Å². The molecule has 8 aromatic carbocycles. The lowest BCUT2D eigenvalue weighted by Gasteiger charge is -2.47. The van der Waals surface area contributed by atoms with Crippen LogP contribution in [0.3, 0.4) is 0 Å². The quantitative estimate of drug-likeness (QED) is 0.164. The van der Waals surface area contributed by atoms with Gasteiger partial charge in [0, 0.05) is 43.5 Å². The van der Waals surface area contributed by atoms with Crippen LogP contribution in [0, 0.1) is 0 Å². The van der Waals surface area contributed by atoms with Crippen molar-refractivity contribution in [3.8, 4) is 44.5 Å². The highest BCUT2D eigenvalue weighted by molar-refractivity contribution is 8.23. The number of fused-ring (bicyclic) bond motifs is 22. The second-order valence-corrected chi connectivity index (χ2v) is 24.6. The highest BCUT2D eigenvalue weighted by Gasteiger charge is 2.44. The molecule has 0 amide bonds. The minimum absolute atomic E-state index is 0.446. The molecule has 294 valence electrons. The van der Waals surface area contributed by atoms with E-state index in [1.807, 2.05) is 0 Å². The van der Waals surface area contributed by atoms with Gasteiger partial charge in [-0.3, -0.25) is 0 Å². The average molecular weight is 849 g/mol. The van der Waals surface area contributed by atoms with Crippen LogP contribution in [0.15, 0.2) is 194 Å². The maximum atomic E-state index is 6.63. The maximum Gasteiger partial charge on any atom is 0.0985 e. The lowest BCUT2D eigenvalue weighted by atomic mass is 10.00. The molecule has 0 N–H and O–H groups in total. The molecule has 0 spiro atoms. The van der Waals surface area contributed by atoms with E-state index in [1.54, 1.807) is 0 Å². The summed E-state index contributed by atoms with van der Waals surface area (Å²) in [5.74, 6) is 0. The van der Waals surface area contributed by atoms with E-state index in [0.717, 1.165) is 0 Å². The topological polar surface area (TPSA) is 6.48 Å². The Balaban J connectivity index is 0.000000125. The summed E-state index contributed by atoms with van der Waals surface area (Å²) >= 11 is 6.63. The minimum atomic E-state index is -2.20. The molecule has 2 nitrogen and oxygen atoms in total. The molecular weight excluding hydrogens is 802 g/mol. The third-order valence-electron chi connectivity index (χ3n) is 12.2. The van der Waals surface area contributed by atoms with E-state index in [9.17, 15) is 0 Å². The molecule has 4 heterocycles. The highest BCUT2D eigenvalue weighted by atomic mass is 32.4. The van der Waals surface area contributed by atoms with Crippen LogP contribution in [0.5, 0.6) is 0 Å². The van der Waals surface area contributed by atoms with Crippen molar-refractivity contribution < 1.29 is 0 Å². The Kier molecular flexibility index (Phi) is 10.7. The van der Waals surface area contributed by atoms with Crippen LogP contribution in [0.4, 0.5) is 22.7 Å². The molecule has 0 aromatic heterocycles. The minimum Gasteiger partial charge on any atom is -0.310 e. The second kappa shape index (κ2) is 16.4. The van der Waals surface area contributed by atoms with Gasteiger partial charge in [-0.25, -0.2) is 0 Å². The number of nitrogens with zero attached hydrogens (tertiary/aromatic N) is 2. The Labute approximate surface area is 363 Å². The zero-order valence-corrected chi connectivity index (χ0v) is 37.7. The van der Waals surface area contributed by atoms with Crippen molar-refractivity contribution in [3.05, 3.63) is 194 Å². The van der Waals surface area contributed by atoms with Crippen molar-refractivity contribution in [2.45, 2.75) is 20.8 Å². The zero-order valence-electron chi connectivity index (χ0n) is 34.2. The van der Waals surface area contributed by atoms with Crippen LogP contribution in [0.1, 0.15) is 20.8 Å². The predicted molar refractivity (Wildman–Crippen MR) is 270 cm³/mol. The monoisotopic (exact) mass is 848 g/mol. The average Bonchev–Trinajstić information content (AvgIpc) is 3.32. The van der Waals surface area contributed by atoms with Crippen LogP contribution in [-0.2, 0) is 11.8 Å². The fourth-order valence-electron chi connectivity index (χ4n) is 9.39. The van der Waals surface area contributed by atoms with Crippen molar-refractivity contribution in [2.75, 3.05) is 27.8 Å². The third-order valence-corrected chi connectivity index (χ3v) is 22.2. The Morgan fingerprint density at radius 1 is 0.383 bits per heavy atom. The van der Waals surface area contributed by atoms with E-state index in [1.165, 1.54) is 107 Å². The molecule has 0 saturated heterocycles. The first-order valence-electron chi connectivity index (χ1n) is 21.1. The van der Waals surface area contributed by atoms with Gasteiger partial charge in [0.1, 0.15) is 0 Å². The molecule has 0 atom stereocenters. The number of hydrogen-bond donors (Lipinski definition) is 0. The molecule has 4 aliphatic heterocycles. The number of benzene rings is 8. The molecule has 0 unspecified atom stereocenters. The number of rotatable bonds is 3. The third kappa shape index (κ3) is 6.25. The van der Waals surface area contributed by atoms with Gasteiger partial charge in [-0.15, -0.1) is 7.92 Å². The Hall–Kier alpha value is -5.13. The molecule has 12 rings (SSSR count). The van der Waals surface area contributed by atoms with Gasteiger partial charge in [-0.05, 0) is 65.0 Å². The molecular formula is C54H47N2P3S. The Morgan fingerprint density at radius 2 is 0.683 bits per heavy atom. The summed E-state index contributed by atoms with van der Waals surface area (Å²) in [5, 5.41) is 5.48. The number of para-hydroxylation sites is 4. The highest BCUT2D eigenvalue weighted by Crippen LogP contribution is 2.66. The standard InChI is InChI=1S/C24H16NPS.C24H16NP.C6H15P/c27-26-23-15-7-3-11-19(23)17-9-1-5-13-21(17)25(26)22-14-6-2-10-18(22)20-12-4-8-16-24(20)26;1-5-13-21-17(9-1)19-11-3-7-15-23(19)26-24-16-8-4-12-20(24)18-10-2-6-14-22(18)25(21)26;1-4-7(5-2)6-3/h1-16H;1-16H;4-6H2,1-3H3. The molecule has 6 heteroatoms. The second-order valence-electron chi connectivity index (χ2n) is 15.3. The van der Waals surface area contributed by atoms with E-state index < -0.39 is 14.3 Å². The molecule has 8 aromatic rings. The fraction of sp³-hybridized carbons (Fsp3) is 0.111.